The highest BCUT2D eigenvalue weighted by Gasteiger charge is 2.28. The van der Waals surface area contributed by atoms with E-state index in [1.165, 1.54) is 18.4 Å². The van der Waals surface area contributed by atoms with E-state index in [9.17, 15) is 4.79 Å². The van der Waals surface area contributed by atoms with Gasteiger partial charge in [0.05, 0.1) is 11.9 Å². The third-order valence-electron chi connectivity index (χ3n) is 4.51. The largest absolute Gasteiger partial charge is 0.334 e. The van der Waals surface area contributed by atoms with E-state index in [4.69, 9.17) is 0 Å². The van der Waals surface area contributed by atoms with E-state index in [-0.39, 0.29) is 5.91 Å². The number of carbonyl (C=O) groups excluding carboxylic acids is 1. The van der Waals surface area contributed by atoms with Crippen molar-refractivity contribution in [3.05, 3.63) is 59.7 Å². The van der Waals surface area contributed by atoms with Gasteiger partial charge >= 0.3 is 0 Å². The van der Waals surface area contributed by atoms with Crippen molar-refractivity contribution in [1.29, 1.82) is 0 Å². The van der Waals surface area contributed by atoms with Gasteiger partial charge in [0.25, 0.3) is 5.91 Å². The molecule has 1 amide bonds. The Balaban J connectivity index is 1.74. The molecule has 120 valence electrons. The predicted molar refractivity (Wildman–Crippen MR) is 90.2 cm³/mol. The third-order valence-corrected chi connectivity index (χ3v) is 4.51. The summed E-state index contributed by atoms with van der Waals surface area (Å²) >= 11 is 0. The van der Waals surface area contributed by atoms with Gasteiger partial charge in [0.15, 0.2) is 0 Å². The van der Waals surface area contributed by atoms with E-state index < -0.39 is 0 Å². The Morgan fingerprint density at radius 3 is 2.52 bits per heavy atom. The van der Waals surface area contributed by atoms with E-state index in [1.807, 2.05) is 30.0 Å². The van der Waals surface area contributed by atoms with Gasteiger partial charge in [0, 0.05) is 18.8 Å². The van der Waals surface area contributed by atoms with Crippen LogP contribution in [0, 0.1) is 6.92 Å². The van der Waals surface area contributed by atoms with E-state index in [2.05, 4.69) is 22.1 Å². The van der Waals surface area contributed by atoms with Crippen LogP contribution in [0.3, 0.4) is 0 Å². The molecule has 0 saturated heterocycles. The van der Waals surface area contributed by atoms with Crippen LogP contribution in [0.25, 0.3) is 0 Å². The number of rotatable bonds is 5. The Hall–Kier alpha value is -2.23. The SMILES string of the molecule is Cc1cnc(C(=O)N(CCc2ccccc2)C2CCCC2)cn1. The second-order valence-electron chi connectivity index (χ2n) is 6.22. The van der Waals surface area contributed by atoms with Crippen molar-refractivity contribution < 1.29 is 4.79 Å². The maximum atomic E-state index is 12.9. The number of benzene rings is 1. The van der Waals surface area contributed by atoms with Crippen molar-refractivity contribution in [2.24, 2.45) is 0 Å². The first-order chi connectivity index (χ1) is 11.2. The second-order valence-corrected chi connectivity index (χ2v) is 6.22. The normalized spacial score (nSPS) is 14.8. The number of carbonyl (C=O) groups is 1. The maximum Gasteiger partial charge on any atom is 0.274 e. The number of hydrogen-bond acceptors (Lipinski definition) is 3. The molecule has 0 bridgehead atoms. The van der Waals surface area contributed by atoms with Crippen molar-refractivity contribution in [3.8, 4) is 0 Å². The van der Waals surface area contributed by atoms with E-state index in [0.29, 0.717) is 11.7 Å². The van der Waals surface area contributed by atoms with Crippen LogP contribution in [-0.4, -0.2) is 33.4 Å². The van der Waals surface area contributed by atoms with E-state index in [1.54, 1.807) is 12.4 Å². The Labute approximate surface area is 137 Å². The molecule has 4 heteroatoms. The number of nitrogens with zero attached hydrogens (tertiary/aromatic N) is 3. The first-order valence-corrected chi connectivity index (χ1v) is 8.37. The topological polar surface area (TPSA) is 46.1 Å². The molecule has 0 radical (unpaired) electrons. The molecule has 3 rings (SSSR count). The monoisotopic (exact) mass is 309 g/mol. The zero-order valence-electron chi connectivity index (χ0n) is 13.6. The number of aryl methyl sites for hydroxylation is 1. The summed E-state index contributed by atoms with van der Waals surface area (Å²) in [7, 11) is 0. The smallest absolute Gasteiger partial charge is 0.274 e. The van der Waals surface area contributed by atoms with Gasteiger partial charge in [-0.05, 0) is 31.7 Å². The maximum absolute atomic E-state index is 12.9. The lowest BCUT2D eigenvalue weighted by molar-refractivity contribution is 0.0677. The van der Waals surface area contributed by atoms with Crippen molar-refractivity contribution in [1.82, 2.24) is 14.9 Å². The lowest BCUT2D eigenvalue weighted by atomic mass is 10.1. The summed E-state index contributed by atoms with van der Waals surface area (Å²) in [5.41, 5.74) is 2.55. The van der Waals surface area contributed by atoms with Crippen molar-refractivity contribution in [3.63, 3.8) is 0 Å². The molecule has 1 fully saturated rings. The summed E-state index contributed by atoms with van der Waals surface area (Å²) in [6.45, 7) is 2.62. The van der Waals surface area contributed by atoms with Crippen LogP contribution in [0.15, 0.2) is 42.7 Å². The van der Waals surface area contributed by atoms with Gasteiger partial charge in [-0.25, -0.2) is 4.98 Å². The lowest BCUT2D eigenvalue weighted by Gasteiger charge is -2.28. The molecule has 0 spiro atoms. The molecular formula is C19H23N3O. The third kappa shape index (κ3) is 3.95. The predicted octanol–water partition coefficient (Wildman–Crippen LogP) is 3.41. The van der Waals surface area contributed by atoms with Crippen LogP contribution in [0.5, 0.6) is 0 Å². The molecule has 0 atom stereocenters. The van der Waals surface area contributed by atoms with Crippen LogP contribution >= 0.6 is 0 Å². The molecule has 1 aliphatic rings. The van der Waals surface area contributed by atoms with Crippen molar-refractivity contribution in [2.45, 2.75) is 45.1 Å². The van der Waals surface area contributed by atoms with Gasteiger partial charge in [-0.1, -0.05) is 43.2 Å². The highest BCUT2D eigenvalue weighted by Crippen LogP contribution is 2.25. The fourth-order valence-electron chi connectivity index (χ4n) is 3.21. The van der Waals surface area contributed by atoms with Gasteiger partial charge in [-0.15, -0.1) is 0 Å². The Morgan fingerprint density at radius 2 is 1.87 bits per heavy atom. The first kappa shape index (κ1) is 15.7. The van der Waals surface area contributed by atoms with Gasteiger partial charge in [-0.2, -0.15) is 0 Å². The molecule has 4 nitrogen and oxygen atoms in total. The molecule has 1 aromatic heterocycles. The van der Waals surface area contributed by atoms with Crippen LogP contribution < -0.4 is 0 Å². The fourth-order valence-corrected chi connectivity index (χ4v) is 3.21. The summed E-state index contributed by atoms with van der Waals surface area (Å²) in [4.78, 5) is 23.4. The van der Waals surface area contributed by atoms with Crippen LogP contribution in [-0.2, 0) is 6.42 Å². The zero-order valence-corrected chi connectivity index (χ0v) is 13.6. The number of hydrogen-bond donors (Lipinski definition) is 0. The van der Waals surface area contributed by atoms with Gasteiger partial charge in [0.2, 0.25) is 0 Å². The molecular weight excluding hydrogens is 286 g/mol. The average Bonchev–Trinajstić information content (AvgIpc) is 3.11. The number of amides is 1. The standard InChI is InChI=1S/C19H23N3O/c1-15-13-21-18(14-20-15)19(23)22(17-9-5-6-10-17)12-11-16-7-3-2-4-8-16/h2-4,7-8,13-14,17H,5-6,9-12H2,1H3. The second kappa shape index (κ2) is 7.36. The summed E-state index contributed by atoms with van der Waals surface area (Å²) in [6.07, 6.45) is 8.75. The van der Waals surface area contributed by atoms with E-state index >= 15 is 0 Å². The van der Waals surface area contributed by atoms with Crippen molar-refractivity contribution in [2.75, 3.05) is 6.54 Å². The molecule has 23 heavy (non-hydrogen) atoms. The molecule has 1 saturated carbocycles. The summed E-state index contributed by atoms with van der Waals surface area (Å²) in [6, 6.07) is 10.7. The Bertz CT molecular complexity index is 633. The molecule has 0 N–H and O–H groups in total. The quantitative estimate of drug-likeness (QED) is 0.850. The summed E-state index contributed by atoms with van der Waals surface area (Å²) in [5, 5.41) is 0. The zero-order chi connectivity index (χ0) is 16.1. The Morgan fingerprint density at radius 1 is 1.13 bits per heavy atom. The minimum Gasteiger partial charge on any atom is -0.334 e. The highest BCUT2D eigenvalue weighted by atomic mass is 16.2. The van der Waals surface area contributed by atoms with Crippen LogP contribution in [0.4, 0.5) is 0 Å². The van der Waals surface area contributed by atoms with Gasteiger partial charge in [-0.3, -0.25) is 9.78 Å². The van der Waals surface area contributed by atoms with Crippen LogP contribution in [0.1, 0.15) is 47.4 Å². The van der Waals surface area contributed by atoms with Gasteiger partial charge < -0.3 is 4.90 Å². The van der Waals surface area contributed by atoms with E-state index in [0.717, 1.165) is 31.5 Å². The van der Waals surface area contributed by atoms with Gasteiger partial charge in [0.1, 0.15) is 5.69 Å². The first-order valence-electron chi connectivity index (χ1n) is 8.37. The molecule has 2 aromatic rings. The minimum absolute atomic E-state index is 0.0142. The molecule has 1 aromatic carbocycles. The van der Waals surface area contributed by atoms with Crippen molar-refractivity contribution >= 4 is 5.91 Å². The average molecular weight is 309 g/mol. The molecule has 1 aliphatic carbocycles. The van der Waals surface area contributed by atoms with Crippen LogP contribution in [0.2, 0.25) is 0 Å². The fraction of sp³-hybridized carbons (Fsp3) is 0.421. The Kier molecular flexibility index (Phi) is 5.01. The summed E-state index contributed by atoms with van der Waals surface area (Å²) < 4.78 is 0. The lowest BCUT2D eigenvalue weighted by Crippen LogP contribution is -2.40. The summed E-state index contributed by atoms with van der Waals surface area (Å²) in [5.74, 6) is 0.0142. The number of aromatic nitrogens is 2. The highest BCUT2D eigenvalue weighted by molar-refractivity contribution is 5.92. The molecule has 1 heterocycles. The minimum atomic E-state index is 0.0142. The molecule has 0 aliphatic heterocycles. The molecule has 0 unspecified atom stereocenters.